The zero-order chi connectivity index (χ0) is 17.6. The molecule has 0 saturated carbocycles. The van der Waals surface area contributed by atoms with Crippen LogP contribution < -0.4 is 0 Å². The second kappa shape index (κ2) is 6.41. The Balaban J connectivity index is 2.37. The number of aromatic nitrogens is 1. The number of carbonyl (C=O) groups is 1. The van der Waals surface area contributed by atoms with Gasteiger partial charge in [0.25, 0.3) is 0 Å². The molecule has 0 spiro atoms. The Hall–Kier alpha value is -1.52. The molecule has 1 N–H and O–H groups in total. The van der Waals surface area contributed by atoms with E-state index in [2.05, 4.69) is 4.98 Å². The van der Waals surface area contributed by atoms with Crippen LogP contribution in [-0.2, 0) is 0 Å². The quantitative estimate of drug-likeness (QED) is 0.393. The number of carboxylic acids is 1. The summed E-state index contributed by atoms with van der Waals surface area (Å²) in [6.45, 7) is 1.98. The molecule has 3 aromatic rings. The van der Waals surface area contributed by atoms with Crippen LogP contribution in [0, 0.1) is 6.92 Å². The fourth-order valence-corrected chi connectivity index (χ4v) is 3.49. The average Bonchev–Trinajstić information content (AvgIpc) is 2.55. The number of fused-ring (bicyclic) bond motifs is 1. The fraction of sp³-hybridized carbons (Fsp3) is 0.0588. The van der Waals surface area contributed by atoms with E-state index in [-0.39, 0.29) is 31.2 Å². The first kappa shape index (κ1) is 17.3. The van der Waals surface area contributed by atoms with Crippen LogP contribution in [0.1, 0.15) is 15.9 Å². The fourth-order valence-electron chi connectivity index (χ4n) is 2.46. The van der Waals surface area contributed by atoms with E-state index in [1.807, 2.05) is 31.2 Å². The van der Waals surface area contributed by atoms with Crippen molar-refractivity contribution < 1.29 is 9.90 Å². The van der Waals surface area contributed by atoms with Gasteiger partial charge in [-0.15, -0.1) is 0 Å². The molecular formula is C17H9Cl4NO2. The molecular weight excluding hydrogens is 392 g/mol. The Kier molecular flexibility index (Phi) is 4.63. The van der Waals surface area contributed by atoms with E-state index < -0.39 is 5.97 Å². The Bertz CT molecular complexity index is 1000. The van der Waals surface area contributed by atoms with Crippen LogP contribution in [0.5, 0.6) is 0 Å². The molecule has 3 nitrogen and oxygen atoms in total. The van der Waals surface area contributed by atoms with E-state index in [0.717, 1.165) is 10.9 Å². The third-order valence-corrected chi connectivity index (χ3v) is 5.38. The summed E-state index contributed by atoms with van der Waals surface area (Å²) >= 11 is 24.4. The van der Waals surface area contributed by atoms with Crippen molar-refractivity contribution in [2.24, 2.45) is 0 Å². The summed E-state index contributed by atoms with van der Waals surface area (Å²) < 4.78 is 0. The minimum atomic E-state index is -1.26. The number of aromatic carboxylic acids is 1. The van der Waals surface area contributed by atoms with Crippen molar-refractivity contribution in [3.63, 3.8) is 0 Å². The molecule has 1 aromatic heterocycles. The molecule has 2 aromatic carbocycles. The predicted octanol–water partition coefficient (Wildman–Crippen LogP) is 6.52. The number of nitrogens with zero attached hydrogens (tertiary/aromatic N) is 1. The minimum absolute atomic E-state index is 0.00225. The average molecular weight is 401 g/mol. The zero-order valence-corrected chi connectivity index (χ0v) is 15.2. The van der Waals surface area contributed by atoms with Crippen LogP contribution in [0.2, 0.25) is 20.1 Å². The number of hydrogen-bond donors (Lipinski definition) is 1. The summed E-state index contributed by atoms with van der Waals surface area (Å²) in [7, 11) is 0. The van der Waals surface area contributed by atoms with Crippen LogP contribution in [0.3, 0.4) is 0 Å². The molecule has 24 heavy (non-hydrogen) atoms. The van der Waals surface area contributed by atoms with Crippen LogP contribution in [0.25, 0.3) is 22.2 Å². The molecule has 3 rings (SSSR count). The Labute approximate surface area is 157 Å². The van der Waals surface area contributed by atoms with Gasteiger partial charge in [-0.05, 0) is 25.1 Å². The van der Waals surface area contributed by atoms with Crippen LogP contribution in [0.4, 0.5) is 0 Å². The summed E-state index contributed by atoms with van der Waals surface area (Å²) in [5.74, 6) is -1.26. The van der Waals surface area contributed by atoms with E-state index in [9.17, 15) is 9.90 Å². The van der Waals surface area contributed by atoms with Gasteiger partial charge in [0.1, 0.15) is 0 Å². The van der Waals surface area contributed by atoms with Gasteiger partial charge < -0.3 is 5.11 Å². The highest BCUT2D eigenvalue weighted by Crippen LogP contribution is 2.45. The van der Waals surface area contributed by atoms with Crippen molar-refractivity contribution in [1.82, 2.24) is 4.98 Å². The molecule has 1 heterocycles. The number of carboxylic acid groups (broad SMARTS) is 1. The van der Waals surface area contributed by atoms with Gasteiger partial charge >= 0.3 is 5.97 Å². The maximum atomic E-state index is 11.7. The van der Waals surface area contributed by atoms with E-state index in [1.165, 1.54) is 0 Å². The zero-order valence-electron chi connectivity index (χ0n) is 12.2. The van der Waals surface area contributed by atoms with E-state index in [0.29, 0.717) is 11.2 Å². The molecule has 0 fully saturated rings. The molecule has 0 atom stereocenters. The summed E-state index contributed by atoms with van der Waals surface area (Å²) in [5.41, 5.74) is 2.07. The molecule has 122 valence electrons. The predicted molar refractivity (Wildman–Crippen MR) is 98.9 cm³/mol. The highest BCUT2D eigenvalue weighted by atomic mass is 35.5. The number of hydrogen-bond acceptors (Lipinski definition) is 2. The van der Waals surface area contributed by atoms with Crippen molar-refractivity contribution in [2.45, 2.75) is 6.92 Å². The van der Waals surface area contributed by atoms with Gasteiger partial charge in [0.15, 0.2) is 0 Å². The van der Waals surface area contributed by atoms with Crippen molar-refractivity contribution in [2.75, 3.05) is 0 Å². The highest BCUT2D eigenvalue weighted by molar-refractivity contribution is 6.54. The normalized spacial score (nSPS) is 11.0. The molecule has 0 aliphatic rings. The number of benzene rings is 2. The lowest BCUT2D eigenvalue weighted by Gasteiger charge is -2.14. The number of halogens is 4. The summed E-state index contributed by atoms with van der Waals surface area (Å²) in [4.78, 5) is 16.2. The van der Waals surface area contributed by atoms with Gasteiger partial charge in [0.2, 0.25) is 0 Å². The van der Waals surface area contributed by atoms with Crippen molar-refractivity contribution in [3.05, 3.63) is 61.5 Å². The lowest BCUT2D eigenvalue weighted by Crippen LogP contribution is -2.04. The monoisotopic (exact) mass is 399 g/mol. The van der Waals surface area contributed by atoms with Gasteiger partial charge in [0.05, 0.1) is 36.9 Å². The minimum Gasteiger partial charge on any atom is -0.478 e. The van der Waals surface area contributed by atoms with Gasteiger partial charge in [-0.2, -0.15) is 0 Å². The van der Waals surface area contributed by atoms with E-state index in [1.54, 1.807) is 6.07 Å². The molecule has 0 amide bonds. The Morgan fingerprint density at radius 2 is 1.62 bits per heavy atom. The molecule has 0 aliphatic carbocycles. The van der Waals surface area contributed by atoms with Crippen molar-refractivity contribution >= 4 is 63.3 Å². The van der Waals surface area contributed by atoms with Crippen LogP contribution in [0.15, 0.2) is 30.3 Å². The van der Waals surface area contributed by atoms with Gasteiger partial charge in [0, 0.05) is 10.9 Å². The first-order chi connectivity index (χ1) is 11.3. The summed E-state index contributed by atoms with van der Waals surface area (Å²) in [5, 5.41) is 10.2. The van der Waals surface area contributed by atoms with E-state index in [4.69, 9.17) is 46.4 Å². The molecule has 0 aliphatic heterocycles. The topological polar surface area (TPSA) is 50.2 Å². The van der Waals surface area contributed by atoms with Crippen LogP contribution >= 0.6 is 46.4 Å². The maximum absolute atomic E-state index is 11.7. The first-order valence-electron chi connectivity index (χ1n) is 6.78. The number of aryl methyl sites for hydroxylation is 1. The number of pyridine rings is 1. The van der Waals surface area contributed by atoms with Gasteiger partial charge in [-0.1, -0.05) is 64.1 Å². The molecule has 7 heteroatoms. The third kappa shape index (κ3) is 2.82. The summed E-state index contributed by atoms with van der Waals surface area (Å²) in [6, 6.07) is 9.26. The first-order valence-corrected chi connectivity index (χ1v) is 8.29. The second-order valence-electron chi connectivity index (χ2n) is 5.20. The number of rotatable bonds is 2. The highest BCUT2D eigenvalue weighted by Gasteiger charge is 2.26. The smallest absolute Gasteiger partial charge is 0.338 e. The molecule has 0 bridgehead atoms. The standard InChI is InChI=1S/C17H9Cl4NO2/c1-7-2-4-9-8(6-7)3-5-10(22-9)11-12(17(23)24)14(19)16(21)15(20)13(11)18/h2-6H,1H3,(H,23,24). The van der Waals surface area contributed by atoms with E-state index >= 15 is 0 Å². The third-order valence-electron chi connectivity index (χ3n) is 3.58. The van der Waals surface area contributed by atoms with Crippen molar-refractivity contribution in [1.29, 1.82) is 0 Å². The lowest BCUT2D eigenvalue weighted by atomic mass is 10.0. The Morgan fingerprint density at radius 3 is 2.29 bits per heavy atom. The maximum Gasteiger partial charge on any atom is 0.338 e. The lowest BCUT2D eigenvalue weighted by molar-refractivity contribution is 0.0698. The van der Waals surface area contributed by atoms with Gasteiger partial charge in [-0.25, -0.2) is 9.78 Å². The van der Waals surface area contributed by atoms with Crippen molar-refractivity contribution in [3.8, 4) is 11.3 Å². The molecule has 0 saturated heterocycles. The van der Waals surface area contributed by atoms with Crippen LogP contribution in [-0.4, -0.2) is 16.1 Å². The molecule has 0 unspecified atom stereocenters. The molecule has 0 radical (unpaired) electrons. The van der Waals surface area contributed by atoms with Gasteiger partial charge in [-0.3, -0.25) is 0 Å². The second-order valence-corrected chi connectivity index (χ2v) is 6.72. The largest absolute Gasteiger partial charge is 0.478 e. The Morgan fingerprint density at radius 1 is 0.958 bits per heavy atom. The SMILES string of the molecule is Cc1ccc2nc(-c3c(Cl)c(Cl)c(Cl)c(Cl)c3C(=O)O)ccc2c1. The summed E-state index contributed by atoms with van der Waals surface area (Å²) in [6.07, 6.45) is 0.